The largest absolute Gasteiger partial charge is 0.479 e. The molecule has 2 aromatic rings. The zero-order chi connectivity index (χ0) is 22.9. The maximum atomic E-state index is 13.8. The third-order valence-electron chi connectivity index (χ3n) is 6.05. The first-order valence-corrected chi connectivity index (χ1v) is 16.0. The third kappa shape index (κ3) is 4.64. The molecular formula is C24H30N2O3S2Si. The number of carbonyl (C=O) groups excluding carboxylic acids is 1. The molecule has 1 aromatic carbocycles. The molecule has 1 atom stereocenters. The van der Waals surface area contributed by atoms with Crippen molar-refractivity contribution in [3.8, 4) is 0 Å². The van der Waals surface area contributed by atoms with Crippen molar-refractivity contribution in [2.45, 2.75) is 55.8 Å². The van der Waals surface area contributed by atoms with Crippen LogP contribution in [0.15, 0.2) is 41.4 Å². The summed E-state index contributed by atoms with van der Waals surface area (Å²) in [6.45, 7) is 10.4. The highest BCUT2D eigenvalue weighted by atomic mass is 32.2. The van der Waals surface area contributed by atoms with Crippen LogP contribution in [-0.2, 0) is 32.5 Å². The number of ether oxygens (including phenoxy) is 2. The summed E-state index contributed by atoms with van der Waals surface area (Å²) in [4.78, 5) is 21.1. The normalized spacial score (nSPS) is 19.4. The maximum Gasteiger partial charge on any atom is 0.241 e. The smallest absolute Gasteiger partial charge is 0.241 e. The monoisotopic (exact) mass is 486 g/mol. The molecule has 0 saturated carbocycles. The van der Waals surface area contributed by atoms with E-state index in [-0.39, 0.29) is 12.6 Å². The molecule has 4 rings (SSSR count). The van der Waals surface area contributed by atoms with Gasteiger partial charge in [-0.2, -0.15) is 0 Å². The minimum atomic E-state index is -1.18. The molecule has 0 radical (unpaired) electrons. The summed E-state index contributed by atoms with van der Waals surface area (Å²) in [5.41, 5.74) is 2.81. The Kier molecular flexibility index (Phi) is 6.77. The van der Waals surface area contributed by atoms with Crippen LogP contribution in [0.5, 0.6) is 0 Å². The minimum absolute atomic E-state index is 0.0921. The fourth-order valence-electron chi connectivity index (χ4n) is 4.41. The molecule has 32 heavy (non-hydrogen) atoms. The van der Waals surface area contributed by atoms with Crippen LogP contribution in [-0.4, -0.2) is 43.3 Å². The number of fused-ring (bicyclic) bond motifs is 3. The number of hydrogen-bond donors (Lipinski definition) is 0. The van der Waals surface area contributed by atoms with Gasteiger partial charge in [-0.15, -0.1) is 0 Å². The molecule has 0 fully saturated rings. The Balaban J connectivity index is 1.55. The Hall–Kier alpha value is -1.74. The quantitative estimate of drug-likeness (QED) is 0.232. The van der Waals surface area contributed by atoms with Gasteiger partial charge in [0, 0.05) is 31.3 Å². The molecule has 0 bridgehead atoms. The molecule has 1 amide bonds. The molecule has 1 aliphatic heterocycles. The number of rotatable bonds is 7. The van der Waals surface area contributed by atoms with E-state index in [1.165, 1.54) is 22.9 Å². The SMILES string of the molecule is CCOC(=S)Sc1ccc2c(c1)CC1(C2)C(=O)N(COCC[Si](C)(C)C)c2ncccc21. The summed E-state index contributed by atoms with van der Waals surface area (Å²) >= 11 is 6.74. The van der Waals surface area contributed by atoms with E-state index in [4.69, 9.17) is 21.7 Å². The Labute approximate surface area is 200 Å². The van der Waals surface area contributed by atoms with Gasteiger partial charge in [0.25, 0.3) is 0 Å². The fourth-order valence-corrected chi connectivity index (χ4v) is 6.28. The molecule has 2 heterocycles. The van der Waals surface area contributed by atoms with Gasteiger partial charge in [0.1, 0.15) is 12.5 Å². The van der Waals surface area contributed by atoms with Gasteiger partial charge in [-0.25, -0.2) is 4.98 Å². The van der Waals surface area contributed by atoms with Gasteiger partial charge in [0.05, 0.1) is 12.0 Å². The number of amides is 1. The van der Waals surface area contributed by atoms with Gasteiger partial charge in [-0.3, -0.25) is 9.69 Å². The highest BCUT2D eigenvalue weighted by Gasteiger charge is 2.54. The van der Waals surface area contributed by atoms with Crippen LogP contribution in [0, 0.1) is 0 Å². The first-order chi connectivity index (χ1) is 15.2. The van der Waals surface area contributed by atoms with Crippen molar-refractivity contribution in [1.29, 1.82) is 0 Å². The van der Waals surface area contributed by atoms with Gasteiger partial charge in [-0.1, -0.05) is 31.8 Å². The Morgan fingerprint density at radius 2 is 2.03 bits per heavy atom. The van der Waals surface area contributed by atoms with E-state index in [0.717, 1.165) is 22.3 Å². The number of benzene rings is 1. The molecule has 1 unspecified atom stereocenters. The number of pyridine rings is 1. The molecule has 1 aromatic heterocycles. The standard InChI is InChI=1S/C24H30N2O3S2Si/c1-5-29-23(30)31-19-9-8-17-14-24(15-18(17)13-19)20-7-6-10-25-21(20)26(22(24)27)16-28-11-12-32(2,3)4/h6-10,13H,5,11-12,14-16H2,1-4H3. The number of nitrogens with zero attached hydrogens (tertiary/aromatic N) is 2. The second-order valence-corrected chi connectivity index (χ2v) is 16.9. The average Bonchev–Trinajstić information content (AvgIpc) is 3.22. The topological polar surface area (TPSA) is 51.7 Å². The van der Waals surface area contributed by atoms with Gasteiger partial charge in [-0.05, 0) is 79.1 Å². The van der Waals surface area contributed by atoms with Gasteiger partial charge in [0.2, 0.25) is 10.3 Å². The summed E-state index contributed by atoms with van der Waals surface area (Å²) in [6.07, 6.45) is 3.11. The molecular weight excluding hydrogens is 456 g/mol. The van der Waals surface area contributed by atoms with Crippen LogP contribution in [0.4, 0.5) is 5.82 Å². The zero-order valence-electron chi connectivity index (χ0n) is 19.1. The Morgan fingerprint density at radius 3 is 2.78 bits per heavy atom. The highest BCUT2D eigenvalue weighted by Crippen LogP contribution is 2.49. The van der Waals surface area contributed by atoms with E-state index < -0.39 is 13.5 Å². The van der Waals surface area contributed by atoms with E-state index in [1.54, 1.807) is 11.1 Å². The highest BCUT2D eigenvalue weighted by molar-refractivity contribution is 8.22. The molecule has 0 N–H and O–H groups in total. The number of thioether (sulfide) groups is 1. The van der Waals surface area contributed by atoms with Crippen LogP contribution >= 0.6 is 24.0 Å². The lowest BCUT2D eigenvalue weighted by atomic mass is 9.79. The molecule has 1 aliphatic carbocycles. The third-order valence-corrected chi connectivity index (χ3v) is 8.90. The summed E-state index contributed by atoms with van der Waals surface area (Å²) < 4.78 is 11.9. The van der Waals surface area contributed by atoms with Gasteiger partial charge < -0.3 is 9.47 Å². The van der Waals surface area contributed by atoms with Crippen molar-refractivity contribution in [3.63, 3.8) is 0 Å². The number of thiocarbonyl (C=S) groups is 1. The van der Waals surface area contributed by atoms with Gasteiger partial charge in [0.15, 0.2) is 0 Å². The number of anilines is 1. The van der Waals surface area contributed by atoms with Crippen molar-refractivity contribution in [2.24, 2.45) is 0 Å². The molecule has 2 aliphatic rings. The molecule has 5 nitrogen and oxygen atoms in total. The number of carbonyl (C=O) groups is 1. The van der Waals surface area contributed by atoms with E-state index in [1.807, 2.05) is 19.1 Å². The lowest BCUT2D eigenvalue weighted by Crippen LogP contribution is -2.42. The van der Waals surface area contributed by atoms with Crippen LogP contribution < -0.4 is 4.90 Å². The lowest BCUT2D eigenvalue weighted by molar-refractivity contribution is -0.124. The van der Waals surface area contributed by atoms with Crippen molar-refractivity contribution >= 4 is 48.2 Å². The van der Waals surface area contributed by atoms with E-state index in [2.05, 4.69) is 42.8 Å². The molecule has 8 heteroatoms. The van der Waals surface area contributed by atoms with E-state index in [0.29, 0.717) is 30.4 Å². The Morgan fingerprint density at radius 1 is 1.25 bits per heavy atom. The lowest BCUT2D eigenvalue weighted by Gasteiger charge is -2.23. The van der Waals surface area contributed by atoms with Crippen LogP contribution in [0.2, 0.25) is 25.7 Å². The second kappa shape index (κ2) is 9.25. The molecule has 1 spiro atoms. The second-order valence-electron chi connectivity index (χ2n) is 9.61. The maximum absolute atomic E-state index is 13.8. The van der Waals surface area contributed by atoms with E-state index in [9.17, 15) is 4.79 Å². The first kappa shape index (κ1) is 23.4. The fraction of sp³-hybridized carbons (Fsp3) is 0.458. The van der Waals surface area contributed by atoms with Crippen molar-refractivity contribution in [2.75, 3.05) is 24.8 Å². The minimum Gasteiger partial charge on any atom is -0.479 e. The first-order valence-electron chi connectivity index (χ1n) is 11.1. The van der Waals surface area contributed by atoms with Crippen molar-refractivity contribution < 1.29 is 14.3 Å². The van der Waals surface area contributed by atoms with Crippen molar-refractivity contribution in [3.05, 3.63) is 53.2 Å². The number of hydrogen-bond acceptors (Lipinski definition) is 6. The molecule has 170 valence electrons. The average molecular weight is 487 g/mol. The summed E-state index contributed by atoms with van der Waals surface area (Å²) in [5, 5.41) is 0. The Bertz CT molecular complexity index is 1040. The van der Waals surface area contributed by atoms with Gasteiger partial charge >= 0.3 is 0 Å². The zero-order valence-corrected chi connectivity index (χ0v) is 21.8. The predicted octanol–water partition coefficient (Wildman–Crippen LogP) is 5.19. The van der Waals surface area contributed by atoms with Crippen LogP contribution in [0.25, 0.3) is 0 Å². The summed E-state index contributed by atoms with van der Waals surface area (Å²) in [7, 11) is -1.18. The van der Waals surface area contributed by atoms with Crippen LogP contribution in [0.1, 0.15) is 23.6 Å². The molecule has 0 saturated heterocycles. The number of aromatic nitrogens is 1. The summed E-state index contributed by atoms with van der Waals surface area (Å²) in [5.74, 6) is 0.833. The predicted molar refractivity (Wildman–Crippen MR) is 136 cm³/mol. The van der Waals surface area contributed by atoms with Crippen LogP contribution in [0.3, 0.4) is 0 Å². The summed E-state index contributed by atoms with van der Waals surface area (Å²) in [6, 6.07) is 11.4. The van der Waals surface area contributed by atoms with Crippen molar-refractivity contribution in [1.82, 2.24) is 4.98 Å². The van der Waals surface area contributed by atoms with E-state index >= 15 is 0 Å².